The van der Waals surface area contributed by atoms with Crippen molar-refractivity contribution in [2.24, 2.45) is 11.7 Å². The van der Waals surface area contributed by atoms with E-state index in [2.05, 4.69) is 73.4 Å². The van der Waals surface area contributed by atoms with Crippen LogP contribution in [0.4, 0.5) is 0 Å². The fraction of sp³-hybridized carbons (Fsp3) is 0.333. The Balaban J connectivity index is 1.85. The second kappa shape index (κ2) is 9.07. The predicted molar refractivity (Wildman–Crippen MR) is 94.4 cm³/mol. The summed E-state index contributed by atoms with van der Waals surface area (Å²) in [7, 11) is 0. The van der Waals surface area contributed by atoms with E-state index in [9.17, 15) is 0 Å². The quantitative estimate of drug-likeness (QED) is 0.777. The third-order valence-electron chi connectivity index (χ3n) is 3.96. The van der Waals surface area contributed by atoms with Gasteiger partial charge in [0.1, 0.15) is 0 Å². The van der Waals surface area contributed by atoms with Gasteiger partial charge in [0.25, 0.3) is 0 Å². The summed E-state index contributed by atoms with van der Waals surface area (Å²) in [4.78, 5) is 0. The van der Waals surface area contributed by atoms with Crippen LogP contribution in [0.5, 0.6) is 0 Å². The molecule has 1 atom stereocenters. The highest BCUT2D eigenvalue weighted by Crippen LogP contribution is 2.13. The lowest BCUT2D eigenvalue weighted by Gasteiger charge is -2.07. The number of nitrogens with two attached hydrogens (primary N) is 1. The number of hydrogen-bond donors (Lipinski definition) is 1. The Hall–Kier alpha value is -2.04. The lowest BCUT2D eigenvalue weighted by atomic mass is 9.97. The minimum absolute atomic E-state index is 0.484. The number of benzene rings is 2. The zero-order valence-electron chi connectivity index (χ0n) is 13.4. The largest absolute Gasteiger partial charge is 0.326 e. The molecule has 0 radical (unpaired) electrons. The van der Waals surface area contributed by atoms with Crippen LogP contribution in [0.15, 0.2) is 54.6 Å². The van der Waals surface area contributed by atoms with E-state index in [1.54, 1.807) is 0 Å². The van der Waals surface area contributed by atoms with E-state index < -0.39 is 0 Å². The maximum Gasteiger partial charge on any atom is 0.0245 e. The second-order valence-corrected chi connectivity index (χ2v) is 5.65. The normalized spacial score (nSPS) is 11.5. The molecular weight excluding hydrogens is 266 g/mol. The van der Waals surface area contributed by atoms with Crippen LogP contribution in [0.25, 0.3) is 0 Å². The van der Waals surface area contributed by atoms with Crippen LogP contribution in [0.3, 0.4) is 0 Å². The van der Waals surface area contributed by atoms with Gasteiger partial charge in [0.2, 0.25) is 0 Å². The molecule has 0 amide bonds. The van der Waals surface area contributed by atoms with Gasteiger partial charge in [-0.05, 0) is 48.9 Å². The number of rotatable bonds is 6. The van der Waals surface area contributed by atoms with Gasteiger partial charge in [-0.15, -0.1) is 0 Å². The molecule has 2 aromatic carbocycles. The minimum Gasteiger partial charge on any atom is -0.326 e. The molecule has 1 heteroatoms. The molecule has 0 fully saturated rings. The van der Waals surface area contributed by atoms with Crippen LogP contribution in [0.2, 0.25) is 0 Å². The van der Waals surface area contributed by atoms with Crippen LogP contribution in [0, 0.1) is 17.8 Å². The molecule has 0 aromatic heterocycles. The zero-order valence-corrected chi connectivity index (χ0v) is 13.4. The van der Waals surface area contributed by atoms with Crippen molar-refractivity contribution in [3.8, 4) is 11.8 Å². The highest BCUT2D eigenvalue weighted by atomic mass is 14.5. The Kier molecular flexibility index (Phi) is 6.74. The Labute approximate surface area is 134 Å². The average molecular weight is 291 g/mol. The molecule has 0 spiro atoms. The van der Waals surface area contributed by atoms with Gasteiger partial charge in [0, 0.05) is 18.0 Å². The van der Waals surface area contributed by atoms with E-state index in [1.807, 2.05) is 0 Å². The van der Waals surface area contributed by atoms with Crippen LogP contribution >= 0.6 is 0 Å². The highest BCUT2D eigenvalue weighted by Gasteiger charge is 2.02. The average Bonchev–Trinajstić information content (AvgIpc) is 2.59. The standard InChI is InChI=1S/C21H25N/c1-2-18(9-6-10-19-7-4-3-5-8-19)11-12-20-13-15-21(17-22)16-14-20/h3-5,7-8,13-16,18H,2,6,9-10,17,22H2,1H3. The summed E-state index contributed by atoms with van der Waals surface area (Å²) in [6.07, 6.45) is 4.62. The molecule has 2 aromatic rings. The SMILES string of the molecule is CCC(C#Cc1ccc(CN)cc1)CCCc1ccccc1. The molecule has 0 bridgehead atoms. The van der Waals surface area contributed by atoms with E-state index >= 15 is 0 Å². The Morgan fingerprint density at radius 1 is 0.955 bits per heavy atom. The van der Waals surface area contributed by atoms with Gasteiger partial charge in [0.05, 0.1) is 0 Å². The third-order valence-corrected chi connectivity index (χ3v) is 3.96. The summed E-state index contributed by atoms with van der Waals surface area (Å²) in [5.74, 6) is 7.22. The maximum absolute atomic E-state index is 5.61. The van der Waals surface area contributed by atoms with Crippen molar-refractivity contribution in [3.05, 3.63) is 71.3 Å². The molecule has 1 unspecified atom stereocenters. The van der Waals surface area contributed by atoms with Crippen LogP contribution < -0.4 is 5.73 Å². The smallest absolute Gasteiger partial charge is 0.0245 e. The molecule has 114 valence electrons. The second-order valence-electron chi connectivity index (χ2n) is 5.65. The van der Waals surface area contributed by atoms with Gasteiger partial charge in [-0.1, -0.05) is 61.2 Å². The first-order valence-corrected chi connectivity index (χ1v) is 8.16. The molecular formula is C21H25N. The molecule has 0 heterocycles. The van der Waals surface area contributed by atoms with Crippen molar-refractivity contribution in [1.82, 2.24) is 0 Å². The molecule has 0 aliphatic carbocycles. The molecule has 1 nitrogen and oxygen atoms in total. The summed E-state index contributed by atoms with van der Waals surface area (Å²) in [5.41, 5.74) is 9.26. The first kappa shape index (κ1) is 16.3. The van der Waals surface area contributed by atoms with Crippen molar-refractivity contribution < 1.29 is 0 Å². The number of aryl methyl sites for hydroxylation is 1. The van der Waals surface area contributed by atoms with Crippen molar-refractivity contribution in [3.63, 3.8) is 0 Å². The summed E-state index contributed by atoms with van der Waals surface area (Å²) in [5, 5.41) is 0. The van der Waals surface area contributed by atoms with Crippen LogP contribution in [-0.2, 0) is 13.0 Å². The Bertz CT molecular complexity index is 602. The minimum atomic E-state index is 0.484. The summed E-state index contributed by atoms with van der Waals surface area (Å²) in [6, 6.07) is 18.9. The van der Waals surface area contributed by atoms with Crippen molar-refractivity contribution in [2.45, 2.75) is 39.2 Å². The maximum atomic E-state index is 5.61. The predicted octanol–water partition coefficient (Wildman–Crippen LogP) is 4.55. The highest BCUT2D eigenvalue weighted by molar-refractivity contribution is 5.36. The van der Waals surface area contributed by atoms with Gasteiger partial charge in [0.15, 0.2) is 0 Å². The van der Waals surface area contributed by atoms with E-state index in [0.29, 0.717) is 12.5 Å². The van der Waals surface area contributed by atoms with Crippen molar-refractivity contribution >= 4 is 0 Å². The summed E-state index contributed by atoms with van der Waals surface area (Å²) in [6.45, 7) is 2.81. The lowest BCUT2D eigenvalue weighted by Crippen LogP contribution is -1.97. The molecule has 0 aliphatic heterocycles. The topological polar surface area (TPSA) is 26.0 Å². The summed E-state index contributed by atoms with van der Waals surface area (Å²) >= 11 is 0. The first-order valence-electron chi connectivity index (χ1n) is 8.16. The third kappa shape index (κ3) is 5.39. The molecule has 0 saturated carbocycles. The molecule has 2 rings (SSSR count). The fourth-order valence-corrected chi connectivity index (χ4v) is 2.49. The fourth-order valence-electron chi connectivity index (χ4n) is 2.49. The van der Waals surface area contributed by atoms with Gasteiger partial charge < -0.3 is 5.73 Å². The number of hydrogen-bond acceptors (Lipinski definition) is 1. The van der Waals surface area contributed by atoms with E-state index in [4.69, 9.17) is 5.73 Å². The molecule has 22 heavy (non-hydrogen) atoms. The first-order chi connectivity index (χ1) is 10.8. The Morgan fingerprint density at radius 3 is 2.32 bits per heavy atom. The van der Waals surface area contributed by atoms with Gasteiger partial charge in [-0.2, -0.15) is 0 Å². The van der Waals surface area contributed by atoms with Gasteiger partial charge >= 0.3 is 0 Å². The van der Waals surface area contributed by atoms with E-state index in [-0.39, 0.29) is 0 Å². The Morgan fingerprint density at radius 2 is 1.68 bits per heavy atom. The van der Waals surface area contributed by atoms with Gasteiger partial charge in [-0.25, -0.2) is 0 Å². The monoisotopic (exact) mass is 291 g/mol. The zero-order chi connectivity index (χ0) is 15.6. The molecule has 0 aliphatic rings. The van der Waals surface area contributed by atoms with E-state index in [0.717, 1.165) is 24.0 Å². The van der Waals surface area contributed by atoms with E-state index in [1.165, 1.54) is 18.4 Å². The summed E-state index contributed by atoms with van der Waals surface area (Å²) < 4.78 is 0. The van der Waals surface area contributed by atoms with Crippen LogP contribution in [0.1, 0.15) is 42.9 Å². The van der Waals surface area contributed by atoms with Crippen molar-refractivity contribution in [2.75, 3.05) is 0 Å². The van der Waals surface area contributed by atoms with Gasteiger partial charge in [-0.3, -0.25) is 0 Å². The molecule has 2 N–H and O–H groups in total. The van der Waals surface area contributed by atoms with Crippen molar-refractivity contribution in [1.29, 1.82) is 0 Å². The van der Waals surface area contributed by atoms with Crippen LogP contribution in [-0.4, -0.2) is 0 Å². The lowest BCUT2D eigenvalue weighted by molar-refractivity contribution is 0.562. The molecule has 0 saturated heterocycles.